The molecule has 1 aromatic heterocycles. The van der Waals surface area contributed by atoms with Crippen LogP contribution in [0.2, 0.25) is 0 Å². The highest BCUT2D eigenvalue weighted by Crippen LogP contribution is 2.20. The molecule has 1 aromatic carbocycles. The maximum atomic E-state index is 11.6. The second-order valence-corrected chi connectivity index (χ2v) is 7.39. The molecular formula is C21H31N7O. The van der Waals surface area contributed by atoms with Crippen molar-refractivity contribution in [3.8, 4) is 0 Å². The molecule has 3 rings (SSSR count). The van der Waals surface area contributed by atoms with E-state index in [1.807, 2.05) is 4.68 Å². The molecule has 8 nitrogen and oxygen atoms in total. The molecule has 156 valence electrons. The van der Waals surface area contributed by atoms with Gasteiger partial charge in [0.1, 0.15) is 12.7 Å². The lowest BCUT2D eigenvalue weighted by molar-refractivity contribution is -0.121. The number of aromatic nitrogens is 3. The molecule has 0 radical (unpaired) electrons. The minimum atomic E-state index is 0.134. The van der Waals surface area contributed by atoms with E-state index in [2.05, 4.69) is 56.8 Å². The quantitative estimate of drug-likeness (QED) is 0.548. The van der Waals surface area contributed by atoms with Gasteiger partial charge in [0.15, 0.2) is 5.96 Å². The molecule has 0 unspecified atom stereocenters. The number of nitrogens with one attached hydrogen (secondary N) is 2. The number of piperidine rings is 1. The smallest absolute Gasteiger partial charge is 0.220 e. The zero-order valence-electron chi connectivity index (χ0n) is 17.3. The molecule has 1 aliphatic rings. The van der Waals surface area contributed by atoms with Crippen LogP contribution in [-0.2, 0) is 17.9 Å². The average Bonchev–Trinajstić information content (AvgIpc) is 3.25. The van der Waals surface area contributed by atoms with Crippen molar-refractivity contribution in [2.24, 2.45) is 10.9 Å². The molecule has 29 heavy (non-hydrogen) atoms. The normalized spacial score (nSPS) is 15.4. The van der Waals surface area contributed by atoms with Crippen LogP contribution in [0.15, 0.2) is 41.9 Å². The van der Waals surface area contributed by atoms with Gasteiger partial charge >= 0.3 is 0 Å². The van der Waals surface area contributed by atoms with Crippen LogP contribution in [0, 0.1) is 5.92 Å². The molecule has 2 aromatic rings. The van der Waals surface area contributed by atoms with Crippen LogP contribution in [-0.4, -0.2) is 58.2 Å². The monoisotopic (exact) mass is 397 g/mol. The first kappa shape index (κ1) is 20.8. The maximum Gasteiger partial charge on any atom is 0.220 e. The van der Waals surface area contributed by atoms with Crippen molar-refractivity contribution in [3.05, 3.63) is 48.0 Å². The van der Waals surface area contributed by atoms with E-state index in [4.69, 9.17) is 4.99 Å². The molecule has 8 heteroatoms. The van der Waals surface area contributed by atoms with E-state index in [9.17, 15) is 4.79 Å². The zero-order valence-corrected chi connectivity index (χ0v) is 17.3. The molecule has 0 aliphatic carbocycles. The maximum absolute atomic E-state index is 11.6. The summed E-state index contributed by atoms with van der Waals surface area (Å²) in [5.41, 5.74) is 2.36. The average molecular weight is 398 g/mol. The van der Waals surface area contributed by atoms with E-state index in [0.717, 1.165) is 38.4 Å². The van der Waals surface area contributed by atoms with E-state index >= 15 is 0 Å². The fraction of sp³-hybridized carbons (Fsp3) is 0.524. The first-order valence-corrected chi connectivity index (χ1v) is 10.3. The predicted octanol–water partition coefficient (Wildman–Crippen LogP) is 1.64. The summed E-state index contributed by atoms with van der Waals surface area (Å²) in [6, 6.07) is 8.43. The minimum Gasteiger partial charge on any atom is -0.359 e. The van der Waals surface area contributed by atoms with E-state index in [1.54, 1.807) is 19.7 Å². The number of amides is 1. The van der Waals surface area contributed by atoms with Gasteiger partial charge < -0.3 is 15.5 Å². The van der Waals surface area contributed by atoms with Gasteiger partial charge in [-0.1, -0.05) is 24.3 Å². The van der Waals surface area contributed by atoms with Crippen LogP contribution >= 0.6 is 0 Å². The van der Waals surface area contributed by atoms with Gasteiger partial charge in [-0.3, -0.25) is 4.79 Å². The minimum absolute atomic E-state index is 0.134. The van der Waals surface area contributed by atoms with Crippen molar-refractivity contribution in [2.75, 3.05) is 26.7 Å². The van der Waals surface area contributed by atoms with Crippen molar-refractivity contribution in [3.63, 3.8) is 0 Å². The fourth-order valence-electron chi connectivity index (χ4n) is 3.63. The van der Waals surface area contributed by atoms with E-state index < -0.39 is 0 Å². The first-order chi connectivity index (χ1) is 14.2. The molecule has 0 atom stereocenters. The van der Waals surface area contributed by atoms with Gasteiger partial charge in [-0.2, -0.15) is 5.10 Å². The van der Waals surface area contributed by atoms with Gasteiger partial charge in [-0.05, 0) is 36.8 Å². The van der Waals surface area contributed by atoms with Gasteiger partial charge in [0, 0.05) is 33.1 Å². The topological polar surface area (TPSA) is 87.4 Å². The highest BCUT2D eigenvalue weighted by atomic mass is 16.1. The molecule has 1 saturated heterocycles. The lowest BCUT2D eigenvalue weighted by Crippen LogP contribution is -2.46. The van der Waals surface area contributed by atoms with Gasteiger partial charge in [0.25, 0.3) is 0 Å². The van der Waals surface area contributed by atoms with Gasteiger partial charge in [-0.15, -0.1) is 0 Å². The lowest BCUT2D eigenvalue weighted by Gasteiger charge is -2.34. The van der Waals surface area contributed by atoms with E-state index in [1.165, 1.54) is 11.1 Å². The number of carbonyl (C=O) groups is 1. The second-order valence-electron chi connectivity index (χ2n) is 7.39. The SMILES string of the molecule is CCNC(=NCc1cccc(Cn2cncn2)c1)N1CCC(CC(=O)NC)CC1. The summed E-state index contributed by atoms with van der Waals surface area (Å²) in [5.74, 6) is 1.55. The number of guanidine groups is 1. The molecule has 0 saturated carbocycles. The number of likely N-dealkylation sites (tertiary alicyclic amines) is 1. The number of benzene rings is 1. The van der Waals surface area contributed by atoms with Crippen LogP contribution < -0.4 is 10.6 Å². The third-order valence-electron chi connectivity index (χ3n) is 5.22. The summed E-state index contributed by atoms with van der Waals surface area (Å²) < 4.78 is 1.81. The summed E-state index contributed by atoms with van der Waals surface area (Å²) in [4.78, 5) is 22.8. The Kier molecular flexibility index (Phi) is 7.61. The number of aliphatic imine (C=N–C) groups is 1. The van der Waals surface area contributed by atoms with Crippen molar-refractivity contribution in [1.29, 1.82) is 0 Å². The Balaban J connectivity index is 1.59. The van der Waals surface area contributed by atoms with Crippen molar-refractivity contribution < 1.29 is 4.79 Å². The Morgan fingerprint density at radius 1 is 1.28 bits per heavy atom. The van der Waals surface area contributed by atoms with E-state index in [0.29, 0.717) is 25.4 Å². The Bertz CT molecular complexity index is 795. The molecule has 0 spiro atoms. The standard InChI is InChI=1S/C21H31N7O/c1-3-24-21(27-9-7-17(8-10-27)12-20(29)22-2)25-13-18-5-4-6-19(11-18)14-28-16-23-15-26-28/h4-6,11,15-17H,3,7-10,12-14H2,1-2H3,(H,22,29)(H,24,25). The Labute approximate surface area is 172 Å². The number of carbonyl (C=O) groups excluding carboxylic acids is 1. The van der Waals surface area contributed by atoms with Crippen molar-refractivity contribution in [1.82, 2.24) is 30.3 Å². The summed E-state index contributed by atoms with van der Waals surface area (Å²) in [6.07, 6.45) is 5.93. The van der Waals surface area contributed by atoms with Crippen molar-refractivity contribution >= 4 is 11.9 Å². The zero-order chi connectivity index (χ0) is 20.5. The third-order valence-corrected chi connectivity index (χ3v) is 5.22. The highest BCUT2D eigenvalue weighted by Gasteiger charge is 2.23. The Morgan fingerprint density at radius 3 is 2.76 bits per heavy atom. The largest absolute Gasteiger partial charge is 0.359 e. The van der Waals surface area contributed by atoms with Gasteiger partial charge in [0.05, 0.1) is 13.1 Å². The van der Waals surface area contributed by atoms with Crippen LogP contribution in [0.5, 0.6) is 0 Å². The van der Waals surface area contributed by atoms with Crippen LogP contribution in [0.4, 0.5) is 0 Å². The summed E-state index contributed by atoms with van der Waals surface area (Å²) in [7, 11) is 1.70. The molecule has 0 bridgehead atoms. The van der Waals surface area contributed by atoms with Gasteiger partial charge in [-0.25, -0.2) is 14.7 Å². The molecule has 2 heterocycles. The summed E-state index contributed by atoms with van der Waals surface area (Å²) in [5, 5.41) is 10.3. The Hall–Kier alpha value is -2.90. The van der Waals surface area contributed by atoms with Crippen LogP contribution in [0.3, 0.4) is 0 Å². The number of hydrogen-bond donors (Lipinski definition) is 2. The molecule has 1 fully saturated rings. The third kappa shape index (κ3) is 6.30. The Morgan fingerprint density at radius 2 is 2.07 bits per heavy atom. The van der Waals surface area contributed by atoms with Gasteiger partial charge in [0.2, 0.25) is 5.91 Å². The number of rotatable bonds is 7. The predicted molar refractivity (Wildman–Crippen MR) is 113 cm³/mol. The summed E-state index contributed by atoms with van der Waals surface area (Å²) in [6.45, 7) is 6.12. The molecular weight excluding hydrogens is 366 g/mol. The number of nitrogens with zero attached hydrogens (tertiary/aromatic N) is 5. The lowest BCUT2D eigenvalue weighted by atomic mass is 9.93. The molecule has 2 N–H and O–H groups in total. The molecule has 1 amide bonds. The molecule has 1 aliphatic heterocycles. The summed E-state index contributed by atoms with van der Waals surface area (Å²) >= 11 is 0. The first-order valence-electron chi connectivity index (χ1n) is 10.3. The second kappa shape index (κ2) is 10.6. The van der Waals surface area contributed by atoms with Crippen LogP contribution in [0.1, 0.15) is 37.3 Å². The fourth-order valence-corrected chi connectivity index (χ4v) is 3.63. The van der Waals surface area contributed by atoms with E-state index in [-0.39, 0.29) is 5.91 Å². The van der Waals surface area contributed by atoms with Crippen molar-refractivity contribution in [2.45, 2.75) is 39.3 Å². The van der Waals surface area contributed by atoms with Crippen LogP contribution in [0.25, 0.3) is 0 Å². The highest BCUT2D eigenvalue weighted by molar-refractivity contribution is 5.80. The number of hydrogen-bond acceptors (Lipinski definition) is 4.